The second kappa shape index (κ2) is 10.1. The van der Waals surface area contributed by atoms with Crippen LogP contribution in [0, 0.1) is 6.92 Å². The van der Waals surface area contributed by atoms with Gasteiger partial charge in [-0.2, -0.15) is 15.0 Å². The van der Waals surface area contributed by atoms with E-state index in [-0.39, 0.29) is 12.1 Å². The zero-order chi connectivity index (χ0) is 25.3. The second-order valence-electron chi connectivity index (χ2n) is 9.26. The Morgan fingerprint density at radius 2 is 1.69 bits per heavy atom. The van der Waals surface area contributed by atoms with Crippen molar-refractivity contribution < 1.29 is 17.9 Å². The molecule has 1 saturated carbocycles. The summed E-state index contributed by atoms with van der Waals surface area (Å²) in [4.78, 5) is 21.2. The van der Waals surface area contributed by atoms with Crippen molar-refractivity contribution in [2.24, 2.45) is 0 Å². The van der Waals surface area contributed by atoms with Crippen molar-refractivity contribution in [2.45, 2.75) is 44.7 Å². The number of nitrogens with zero attached hydrogens (tertiary/aromatic N) is 6. The molecular formula is C23H32N8O4S. The second-order valence-corrected chi connectivity index (χ2v) is 11.0. The van der Waals surface area contributed by atoms with Crippen LogP contribution in [-0.4, -0.2) is 84.7 Å². The van der Waals surface area contributed by atoms with Crippen LogP contribution >= 0.6 is 0 Å². The molecule has 5 rings (SSSR count). The van der Waals surface area contributed by atoms with E-state index in [2.05, 4.69) is 14.9 Å². The average Bonchev–Trinajstić information content (AvgIpc) is 3.20. The normalized spacial score (nSPS) is 21.0. The highest BCUT2D eigenvalue weighted by Crippen LogP contribution is 2.29. The molecule has 1 aliphatic heterocycles. The maximum absolute atomic E-state index is 11.6. The number of sulfonamides is 1. The van der Waals surface area contributed by atoms with Gasteiger partial charge >= 0.3 is 0 Å². The van der Waals surface area contributed by atoms with Crippen LogP contribution in [0.4, 0.5) is 11.9 Å². The zero-order valence-corrected chi connectivity index (χ0v) is 21.6. The van der Waals surface area contributed by atoms with Crippen LogP contribution < -0.4 is 19.7 Å². The quantitative estimate of drug-likeness (QED) is 0.477. The summed E-state index contributed by atoms with van der Waals surface area (Å²) in [5.74, 6) is 2.99. The molecule has 12 nitrogen and oxygen atoms in total. The molecule has 0 bridgehead atoms. The molecule has 1 saturated heterocycles. The van der Waals surface area contributed by atoms with Crippen LogP contribution in [0.2, 0.25) is 0 Å². The van der Waals surface area contributed by atoms with Gasteiger partial charge in [-0.1, -0.05) is 6.07 Å². The van der Waals surface area contributed by atoms with Gasteiger partial charge < -0.3 is 19.7 Å². The number of methoxy groups -OCH3 is 1. The van der Waals surface area contributed by atoms with Crippen LogP contribution in [-0.2, 0) is 14.8 Å². The van der Waals surface area contributed by atoms with Crippen molar-refractivity contribution in [3.63, 3.8) is 0 Å². The zero-order valence-electron chi connectivity index (χ0n) is 20.8. The van der Waals surface area contributed by atoms with Gasteiger partial charge in [-0.25, -0.2) is 18.1 Å². The Morgan fingerprint density at radius 1 is 1.00 bits per heavy atom. The van der Waals surface area contributed by atoms with Gasteiger partial charge in [0.2, 0.25) is 27.9 Å². The van der Waals surface area contributed by atoms with E-state index in [4.69, 9.17) is 29.4 Å². The Balaban J connectivity index is 1.46. The number of rotatable bonds is 7. The number of para-hydroxylation sites is 1. The van der Waals surface area contributed by atoms with Gasteiger partial charge in [0.25, 0.3) is 0 Å². The first-order valence-electron chi connectivity index (χ1n) is 12.2. The minimum atomic E-state index is -3.21. The van der Waals surface area contributed by atoms with E-state index >= 15 is 0 Å². The molecule has 2 fully saturated rings. The maximum Gasteiger partial charge on any atom is 0.242 e. The third-order valence-electron chi connectivity index (χ3n) is 6.58. The number of hydrogen-bond acceptors (Lipinski definition) is 10. The van der Waals surface area contributed by atoms with Crippen molar-refractivity contribution in [3.8, 4) is 11.7 Å². The standard InChI is InChI=1S/C23H32N8O4S/c1-15-24-20-18(5-4-6-19(20)34-2)31(15)23-27-21(26-22(28-23)30-11-13-35-14-12-30)25-16-7-9-17(10-8-16)29-36(3,32)33/h4-6,16-17,29H,7-14H2,1-3H3,(H,25,26,27,28). The van der Waals surface area contributed by atoms with E-state index in [1.807, 2.05) is 29.7 Å². The van der Waals surface area contributed by atoms with Gasteiger partial charge in [0.15, 0.2) is 0 Å². The average molecular weight is 517 g/mol. The van der Waals surface area contributed by atoms with Crippen LogP contribution in [0.3, 0.4) is 0 Å². The summed E-state index contributed by atoms with van der Waals surface area (Å²) in [7, 11) is -1.58. The molecule has 0 amide bonds. The fourth-order valence-electron chi connectivity index (χ4n) is 4.87. The molecule has 3 heterocycles. The number of aryl methyl sites for hydroxylation is 1. The molecule has 194 valence electrons. The van der Waals surface area contributed by atoms with E-state index in [1.54, 1.807) is 7.11 Å². The fraction of sp³-hybridized carbons (Fsp3) is 0.565. The predicted octanol–water partition coefficient (Wildman–Crippen LogP) is 1.64. The lowest BCUT2D eigenvalue weighted by Gasteiger charge is -2.30. The summed E-state index contributed by atoms with van der Waals surface area (Å²) < 4.78 is 38.8. The van der Waals surface area contributed by atoms with Gasteiger partial charge in [-0.05, 0) is 44.7 Å². The van der Waals surface area contributed by atoms with E-state index in [1.165, 1.54) is 6.26 Å². The Bertz CT molecular complexity index is 1330. The number of morpholine rings is 1. The molecule has 3 aromatic rings. The third kappa shape index (κ3) is 5.37. The van der Waals surface area contributed by atoms with Gasteiger partial charge in [-0.15, -0.1) is 0 Å². The molecule has 1 aromatic carbocycles. The lowest BCUT2D eigenvalue weighted by atomic mass is 9.92. The Hall–Kier alpha value is -3.03. The van der Waals surface area contributed by atoms with Crippen molar-refractivity contribution in [1.82, 2.24) is 29.2 Å². The van der Waals surface area contributed by atoms with Crippen LogP contribution in [0.25, 0.3) is 17.0 Å². The number of aromatic nitrogens is 5. The lowest BCUT2D eigenvalue weighted by molar-refractivity contribution is 0.122. The van der Waals surface area contributed by atoms with Crippen molar-refractivity contribution >= 4 is 33.0 Å². The number of fused-ring (bicyclic) bond motifs is 1. The number of imidazole rings is 1. The van der Waals surface area contributed by atoms with Gasteiger partial charge in [-0.3, -0.25) is 4.57 Å². The van der Waals surface area contributed by atoms with Crippen molar-refractivity contribution in [1.29, 1.82) is 0 Å². The van der Waals surface area contributed by atoms with Gasteiger partial charge in [0.1, 0.15) is 17.1 Å². The number of benzene rings is 1. The summed E-state index contributed by atoms with van der Waals surface area (Å²) >= 11 is 0. The Labute approximate surface area is 210 Å². The van der Waals surface area contributed by atoms with E-state index in [9.17, 15) is 8.42 Å². The predicted molar refractivity (Wildman–Crippen MR) is 136 cm³/mol. The molecule has 2 aromatic heterocycles. The largest absolute Gasteiger partial charge is 0.494 e. The summed E-state index contributed by atoms with van der Waals surface area (Å²) in [6, 6.07) is 5.87. The molecular weight excluding hydrogens is 484 g/mol. The maximum atomic E-state index is 11.6. The smallest absolute Gasteiger partial charge is 0.242 e. The highest BCUT2D eigenvalue weighted by Gasteiger charge is 2.25. The van der Waals surface area contributed by atoms with Crippen LogP contribution in [0.15, 0.2) is 18.2 Å². The van der Waals surface area contributed by atoms with Crippen molar-refractivity contribution in [2.75, 3.05) is 49.9 Å². The van der Waals surface area contributed by atoms with E-state index in [0.29, 0.717) is 49.9 Å². The number of hydrogen-bond donors (Lipinski definition) is 2. The molecule has 0 atom stereocenters. The summed E-state index contributed by atoms with van der Waals surface area (Å²) in [5.41, 5.74) is 1.60. The molecule has 1 aliphatic carbocycles. The molecule has 36 heavy (non-hydrogen) atoms. The first-order chi connectivity index (χ1) is 17.3. The third-order valence-corrected chi connectivity index (χ3v) is 7.34. The van der Waals surface area contributed by atoms with E-state index in [0.717, 1.165) is 42.5 Å². The monoisotopic (exact) mass is 516 g/mol. The van der Waals surface area contributed by atoms with E-state index < -0.39 is 10.0 Å². The van der Waals surface area contributed by atoms with Crippen LogP contribution in [0.1, 0.15) is 31.5 Å². The minimum absolute atomic E-state index is 0.0363. The number of anilines is 2. The topological polar surface area (TPSA) is 136 Å². The van der Waals surface area contributed by atoms with Gasteiger partial charge in [0.05, 0.1) is 32.1 Å². The lowest BCUT2D eigenvalue weighted by Crippen LogP contribution is -2.40. The Kier molecular flexibility index (Phi) is 6.95. The van der Waals surface area contributed by atoms with Crippen LogP contribution in [0.5, 0.6) is 5.75 Å². The first kappa shape index (κ1) is 24.7. The Morgan fingerprint density at radius 3 is 2.39 bits per heavy atom. The van der Waals surface area contributed by atoms with Crippen molar-refractivity contribution in [3.05, 3.63) is 24.0 Å². The molecule has 0 radical (unpaired) electrons. The number of ether oxygens (including phenoxy) is 2. The molecule has 0 spiro atoms. The molecule has 0 unspecified atom stereocenters. The SMILES string of the molecule is COc1cccc2c1nc(C)n2-c1nc(NC2CCC(NS(C)(=O)=O)CC2)nc(N2CCOCC2)n1. The highest BCUT2D eigenvalue weighted by atomic mass is 32.2. The number of nitrogens with one attached hydrogen (secondary N) is 2. The minimum Gasteiger partial charge on any atom is -0.494 e. The summed E-state index contributed by atoms with van der Waals surface area (Å²) in [5, 5.41) is 3.48. The molecule has 2 N–H and O–H groups in total. The molecule has 2 aliphatic rings. The highest BCUT2D eigenvalue weighted by molar-refractivity contribution is 7.88. The summed E-state index contributed by atoms with van der Waals surface area (Å²) in [6.07, 6.45) is 4.33. The summed E-state index contributed by atoms with van der Waals surface area (Å²) in [6.45, 7) is 4.54. The van der Waals surface area contributed by atoms with Gasteiger partial charge in [0, 0.05) is 25.2 Å². The fourth-order valence-corrected chi connectivity index (χ4v) is 5.71. The first-order valence-corrected chi connectivity index (χ1v) is 14.0. The molecule has 13 heteroatoms.